The Labute approximate surface area is 111 Å². The Morgan fingerprint density at radius 3 is 2.76 bits per heavy atom. The van der Waals surface area contributed by atoms with E-state index in [4.69, 9.17) is 4.74 Å². The predicted octanol–water partition coefficient (Wildman–Crippen LogP) is 3.74. The molecule has 1 N–H and O–H groups in total. The highest BCUT2D eigenvalue weighted by Crippen LogP contribution is 2.34. The van der Waals surface area contributed by atoms with Crippen LogP contribution < -0.4 is 4.74 Å². The summed E-state index contributed by atoms with van der Waals surface area (Å²) >= 11 is 4.80. The molecule has 1 aromatic heterocycles. The summed E-state index contributed by atoms with van der Waals surface area (Å²) in [5.74, 6) is -0.303. The van der Waals surface area contributed by atoms with Gasteiger partial charge in [0, 0.05) is 4.47 Å². The first kappa shape index (κ1) is 12.5. The van der Waals surface area contributed by atoms with Gasteiger partial charge in [-0.2, -0.15) is 0 Å². The quantitative estimate of drug-likeness (QED) is 0.934. The molecule has 17 heavy (non-hydrogen) atoms. The third-order valence-electron chi connectivity index (χ3n) is 2.38. The van der Waals surface area contributed by atoms with Crippen LogP contribution in [0.2, 0.25) is 0 Å². The molecule has 0 aliphatic rings. The molecule has 0 spiro atoms. The molecule has 2 rings (SSSR count). The summed E-state index contributed by atoms with van der Waals surface area (Å²) in [5.41, 5.74) is 0.603. The van der Waals surface area contributed by atoms with E-state index in [1.165, 1.54) is 30.6 Å². The average Bonchev–Trinajstić information content (AvgIpc) is 2.75. The van der Waals surface area contributed by atoms with Crippen LogP contribution in [0.4, 0.5) is 4.39 Å². The topological polar surface area (TPSA) is 29.5 Å². The zero-order chi connectivity index (χ0) is 12.4. The summed E-state index contributed by atoms with van der Waals surface area (Å²) in [7, 11) is 1.40. The standard InChI is InChI=1S/C12H10BrFO2S/c1-16-10-6-7(2-3-9(10)14)11(15)12-8(13)4-5-17-12/h2-6,11,15H,1H3. The molecule has 1 heterocycles. The Hall–Kier alpha value is -0.910. The van der Waals surface area contributed by atoms with Gasteiger partial charge in [-0.3, -0.25) is 0 Å². The second kappa shape index (κ2) is 5.16. The third kappa shape index (κ3) is 2.51. The molecule has 2 nitrogen and oxygen atoms in total. The van der Waals surface area contributed by atoms with E-state index in [0.29, 0.717) is 5.56 Å². The van der Waals surface area contributed by atoms with E-state index in [9.17, 15) is 9.50 Å². The fourth-order valence-corrected chi connectivity index (χ4v) is 3.10. The second-order valence-corrected chi connectivity index (χ2v) is 5.23. The predicted molar refractivity (Wildman–Crippen MR) is 69.0 cm³/mol. The molecule has 0 bridgehead atoms. The maximum Gasteiger partial charge on any atom is 0.165 e. The molecule has 0 aliphatic carbocycles. The van der Waals surface area contributed by atoms with Crippen molar-refractivity contribution in [3.63, 3.8) is 0 Å². The first-order valence-electron chi connectivity index (χ1n) is 4.88. The van der Waals surface area contributed by atoms with Gasteiger partial charge in [-0.05, 0) is 45.1 Å². The molecule has 2 aromatic rings. The van der Waals surface area contributed by atoms with Crippen LogP contribution in [0, 0.1) is 5.82 Å². The molecule has 90 valence electrons. The first-order valence-corrected chi connectivity index (χ1v) is 6.55. The van der Waals surface area contributed by atoms with E-state index in [1.54, 1.807) is 6.07 Å². The minimum atomic E-state index is -0.779. The molecule has 1 atom stereocenters. The van der Waals surface area contributed by atoms with Gasteiger partial charge in [0.1, 0.15) is 6.10 Å². The number of methoxy groups -OCH3 is 1. The highest BCUT2D eigenvalue weighted by Gasteiger charge is 2.16. The number of hydrogen-bond acceptors (Lipinski definition) is 3. The second-order valence-electron chi connectivity index (χ2n) is 3.43. The number of aliphatic hydroxyl groups is 1. The molecule has 5 heteroatoms. The number of thiophene rings is 1. The van der Waals surface area contributed by atoms with Crippen LogP contribution in [-0.2, 0) is 0 Å². The monoisotopic (exact) mass is 316 g/mol. The maximum atomic E-state index is 13.2. The number of hydrogen-bond donors (Lipinski definition) is 1. The van der Waals surface area contributed by atoms with Gasteiger partial charge in [-0.25, -0.2) is 4.39 Å². The third-order valence-corrected chi connectivity index (χ3v) is 4.31. The van der Waals surface area contributed by atoms with Crippen LogP contribution in [0.25, 0.3) is 0 Å². The van der Waals surface area contributed by atoms with Gasteiger partial charge in [0.05, 0.1) is 12.0 Å². The fourth-order valence-electron chi connectivity index (χ4n) is 1.50. The zero-order valence-electron chi connectivity index (χ0n) is 8.98. The van der Waals surface area contributed by atoms with Crippen molar-refractivity contribution < 1.29 is 14.2 Å². The summed E-state index contributed by atoms with van der Waals surface area (Å²) < 4.78 is 19.0. The highest BCUT2D eigenvalue weighted by atomic mass is 79.9. The molecule has 0 aliphatic heterocycles. The molecule has 0 radical (unpaired) electrons. The molecule has 1 aromatic carbocycles. The first-order chi connectivity index (χ1) is 8.13. The zero-order valence-corrected chi connectivity index (χ0v) is 11.4. The maximum absolute atomic E-state index is 13.2. The average molecular weight is 317 g/mol. The van der Waals surface area contributed by atoms with Gasteiger partial charge < -0.3 is 9.84 Å². The Balaban J connectivity index is 2.38. The lowest BCUT2D eigenvalue weighted by molar-refractivity contribution is 0.222. The van der Waals surface area contributed by atoms with E-state index < -0.39 is 11.9 Å². The molecule has 0 saturated carbocycles. The largest absolute Gasteiger partial charge is 0.494 e. The Morgan fingerprint density at radius 2 is 2.18 bits per heavy atom. The molecule has 0 amide bonds. The van der Waals surface area contributed by atoms with Gasteiger partial charge >= 0.3 is 0 Å². The lowest BCUT2D eigenvalue weighted by Gasteiger charge is -2.11. The number of aliphatic hydroxyl groups excluding tert-OH is 1. The summed E-state index contributed by atoms with van der Waals surface area (Å²) in [6.45, 7) is 0. The van der Waals surface area contributed by atoms with Crippen molar-refractivity contribution in [3.8, 4) is 5.75 Å². The number of halogens is 2. The van der Waals surface area contributed by atoms with E-state index in [0.717, 1.165) is 9.35 Å². The fraction of sp³-hybridized carbons (Fsp3) is 0.167. The summed E-state index contributed by atoms with van der Waals surface area (Å²) in [5, 5.41) is 12.1. The van der Waals surface area contributed by atoms with Crippen molar-refractivity contribution in [1.82, 2.24) is 0 Å². The van der Waals surface area contributed by atoms with Crippen molar-refractivity contribution in [2.45, 2.75) is 6.10 Å². The van der Waals surface area contributed by atoms with Crippen LogP contribution in [0.1, 0.15) is 16.5 Å². The van der Waals surface area contributed by atoms with Gasteiger partial charge in [0.15, 0.2) is 11.6 Å². The number of benzene rings is 1. The lowest BCUT2D eigenvalue weighted by Crippen LogP contribution is -1.99. The van der Waals surface area contributed by atoms with E-state index in [-0.39, 0.29) is 5.75 Å². The van der Waals surface area contributed by atoms with E-state index >= 15 is 0 Å². The van der Waals surface area contributed by atoms with Crippen LogP contribution >= 0.6 is 27.3 Å². The van der Waals surface area contributed by atoms with Crippen molar-refractivity contribution in [3.05, 3.63) is 50.4 Å². The minimum absolute atomic E-state index is 0.134. The smallest absolute Gasteiger partial charge is 0.165 e. The highest BCUT2D eigenvalue weighted by molar-refractivity contribution is 9.10. The van der Waals surface area contributed by atoms with E-state index in [1.807, 2.05) is 11.4 Å². The van der Waals surface area contributed by atoms with Crippen molar-refractivity contribution in [2.75, 3.05) is 7.11 Å². The summed E-state index contributed by atoms with van der Waals surface area (Å²) in [4.78, 5) is 0.790. The number of ether oxygens (including phenoxy) is 1. The van der Waals surface area contributed by atoms with E-state index in [2.05, 4.69) is 15.9 Å². The van der Waals surface area contributed by atoms with Gasteiger partial charge in [-0.1, -0.05) is 6.07 Å². The molecular formula is C12H10BrFO2S. The van der Waals surface area contributed by atoms with Crippen molar-refractivity contribution in [1.29, 1.82) is 0 Å². The van der Waals surface area contributed by atoms with Gasteiger partial charge in [-0.15, -0.1) is 11.3 Å². The Bertz CT molecular complexity index is 527. The van der Waals surface area contributed by atoms with Gasteiger partial charge in [0.2, 0.25) is 0 Å². The van der Waals surface area contributed by atoms with Gasteiger partial charge in [0.25, 0.3) is 0 Å². The molecule has 0 fully saturated rings. The van der Waals surface area contributed by atoms with Crippen LogP contribution in [0.5, 0.6) is 5.75 Å². The lowest BCUT2D eigenvalue weighted by atomic mass is 10.1. The Morgan fingerprint density at radius 1 is 1.41 bits per heavy atom. The van der Waals surface area contributed by atoms with Crippen molar-refractivity contribution >= 4 is 27.3 Å². The SMILES string of the molecule is COc1cc(C(O)c2sccc2Br)ccc1F. The minimum Gasteiger partial charge on any atom is -0.494 e. The number of rotatable bonds is 3. The Kier molecular flexibility index (Phi) is 3.81. The van der Waals surface area contributed by atoms with Crippen LogP contribution in [0.15, 0.2) is 34.1 Å². The molecule has 0 saturated heterocycles. The summed E-state index contributed by atoms with van der Waals surface area (Å²) in [6, 6.07) is 6.21. The molecule has 1 unspecified atom stereocenters. The van der Waals surface area contributed by atoms with Crippen LogP contribution in [-0.4, -0.2) is 12.2 Å². The normalized spacial score (nSPS) is 12.5. The summed E-state index contributed by atoms with van der Waals surface area (Å²) in [6.07, 6.45) is -0.779. The molecular weight excluding hydrogens is 307 g/mol. The van der Waals surface area contributed by atoms with Crippen LogP contribution in [0.3, 0.4) is 0 Å². The van der Waals surface area contributed by atoms with Crippen molar-refractivity contribution in [2.24, 2.45) is 0 Å².